The SMILES string of the molecule is COC(=O)COCCC1C[C@@H](CC=O)[C@@H](CC=O)C1. The van der Waals surface area contributed by atoms with E-state index in [1.165, 1.54) is 7.11 Å². The molecule has 0 aromatic heterocycles. The highest BCUT2D eigenvalue weighted by Gasteiger charge is 2.33. The lowest BCUT2D eigenvalue weighted by molar-refractivity contribution is -0.146. The molecule has 0 saturated heterocycles. The van der Waals surface area contributed by atoms with E-state index in [4.69, 9.17) is 4.74 Å². The summed E-state index contributed by atoms with van der Waals surface area (Å²) in [6, 6.07) is 0. The normalized spacial score (nSPS) is 26.1. The van der Waals surface area contributed by atoms with Gasteiger partial charge in [-0.05, 0) is 37.0 Å². The molecule has 3 atom stereocenters. The van der Waals surface area contributed by atoms with E-state index < -0.39 is 0 Å². The van der Waals surface area contributed by atoms with Gasteiger partial charge in [0.1, 0.15) is 19.2 Å². The number of hydrogen-bond donors (Lipinski definition) is 0. The van der Waals surface area contributed by atoms with E-state index in [1.807, 2.05) is 0 Å². The van der Waals surface area contributed by atoms with Crippen molar-refractivity contribution in [3.8, 4) is 0 Å². The number of ether oxygens (including phenoxy) is 2. The smallest absolute Gasteiger partial charge is 0.331 e. The van der Waals surface area contributed by atoms with Crippen LogP contribution in [-0.2, 0) is 23.9 Å². The van der Waals surface area contributed by atoms with Crippen molar-refractivity contribution in [2.24, 2.45) is 17.8 Å². The van der Waals surface area contributed by atoms with Gasteiger partial charge in [-0.25, -0.2) is 4.79 Å². The quantitative estimate of drug-likeness (QED) is 0.360. The van der Waals surface area contributed by atoms with Crippen molar-refractivity contribution < 1.29 is 23.9 Å². The second-order valence-corrected chi connectivity index (χ2v) is 5.08. The number of rotatable bonds is 9. The Balaban J connectivity index is 2.26. The number of carbonyl (C=O) groups excluding carboxylic acids is 3. The van der Waals surface area contributed by atoms with Crippen LogP contribution in [0.5, 0.6) is 0 Å². The predicted molar refractivity (Wildman–Crippen MR) is 68.5 cm³/mol. The zero-order chi connectivity index (χ0) is 14.1. The molecule has 0 aromatic carbocycles. The highest BCUT2D eigenvalue weighted by molar-refractivity contribution is 5.70. The highest BCUT2D eigenvalue weighted by atomic mass is 16.6. The first-order valence-corrected chi connectivity index (χ1v) is 6.73. The summed E-state index contributed by atoms with van der Waals surface area (Å²) in [6.07, 6.45) is 5.77. The zero-order valence-corrected chi connectivity index (χ0v) is 11.4. The first-order valence-electron chi connectivity index (χ1n) is 6.73. The van der Waals surface area contributed by atoms with Gasteiger partial charge in [-0.2, -0.15) is 0 Å². The van der Waals surface area contributed by atoms with Crippen LogP contribution in [0.15, 0.2) is 0 Å². The van der Waals surface area contributed by atoms with Gasteiger partial charge < -0.3 is 19.1 Å². The van der Waals surface area contributed by atoms with Crippen molar-refractivity contribution in [3.05, 3.63) is 0 Å². The Labute approximate surface area is 113 Å². The average molecular weight is 270 g/mol. The minimum atomic E-state index is -0.371. The van der Waals surface area contributed by atoms with Crippen LogP contribution in [0.3, 0.4) is 0 Å². The van der Waals surface area contributed by atoms with Gasteiger partial charge in [-0.15, -0.1) is 0 Å². The molecule has 0 radical (unpaired) electrons. The Morgan fingerprint density at radius 2 is 1.74 bits per heavy atom. The Morgan fingerprint density at radius 1 is 1.16 bits per heavy atom. The molecule has 0 spiro atoms. The van der Waals surface area contributed by atoms with Crippen LogP contribution in [0, 0.1) is 17.8 Å². The summed E-state index contributed by atoms with van der Waals surface area (Å²) in [5.41, 5.74) is 0. The van der Waals surface area contributed by atoms with Crippen LogP contribution in [0.2, 0.25) is 0 Å². The van der Waals surface area contributed by atoms with Crippen LogP contribution < -0.4 is 0 Å². The third-order valence-corrected chi connectivity index (χ3v) is 3.85. The Kier molecular flexibility index (Phi) is 7.33. The maximum absolute atomic E-state index is 10.9. The second kappa shape index (κ2) is 8.80. The summed E-state index contributed by atoms with van der Waals surface area (Å²) < 4.78 is 9.70. The lowest BCUT2D eigenvalue weighted by Gasteiger charge is -2.13. The van der Waals surface area contributed by atoms with Crippen molar-refractivity contribution in [1.82, 2.24) is 0 Å². The van der Waals surface area contributed by atoms with Gasteiger partial charge in [0.25, 0.3) is 0 Å². The minimum Gasteiger partial charge on any atom is -0.467 e. The molecular weight excluding hydrogens is 248 g/mol. The molecule has 108 valence electrons. The van der Waals surface area contributed by atoms with Crippen molar-refractivity contribution in [2.45, 2.75) is 32.1 Å². The summed E-state index contributed by atoms with van der Waals surface area (Å²) in [7, 11) is 1.33. The van der Waals surface area contributed by atoms with Crippen LogP contribution in [0.4, 0.5) is 0 Å². The van der Waals surface area contributed by atoms with Crippen molar-refractivity contribution in [3.63, 3.8) is 0 Å². The van der Waals surface area contributed by atoms with E-state index in [0.717, 1.165) is 31.8 Å². The summed E-state index contributed by atoms with van der Waals surface area (Å²) >= 11 is 0. The summed E-state index contributed by atoms with van der Waals surface area (Å²) in [6.45, 7) is 0.500. The van der Waals surface area contributed by atoms with Gasteiger partial charge in [-0.3, -0.25) is 0 Å². The van der Waals surface area contributed by atoms with E-state index >= 15 is 0 Å². The average Bonchev–Trinajstić information content (AvgIpc) is 2.78. The first-order chi connectivity index (χ1) is 9.21. The topological polar surface area (TPSA) is 69.7 Å². The maximum atomic E-state index is 10.9. The number of hydrogen-bond acceptors (Lipinski definition) is 5. The molecule has 1 aliphatic rings. The molecule has 0 N–H and O–H groups in total. The third-order valence-electron chi connectivity index (χ3n) is 3.85. The van der Waals surface area contributed by atoms with Gasteiger partial charge in [0, 0.05) is 19.4 Å². The molecule has 1 fully saturated rings. The maximum Gasteiger partial charge on any atom is 0.331 e. The molecule has 5 heteroatoms. The molecule has 19 heavy (non-hydrogen) atoms. The molecule has 1 aliphatic carbocycles. The minimum absolute atomic E-state index is 0.0151. The molecule has 0 amide bonds. The van der Waals surface area contributed by atoms with Gasteiger partial charge in [0.05, 0.1) is 7.11 Å². The molecule has 1 rings (SSSR count). The van der Waals surface area contributed by atoms with Crippen molar-refractivity contribution >= 4 is 18.5 Å². The van der Waals surface area contributed by atoms with Gasteiger partial charge in [0.2, 0.25) is 0 Å². The largest absolute Gasteiger partial charge is 0.467 e. The number of methoxy groups -OCH3 is 1. The van der Waals surface area contributed by atoms with Crippen molar-refractivity contribution in [2.75, 3.05) is 20.3 Å². The predicted octanol–water partition coefficient (Wildman–Crippen LogP) is 1.39. The molecular formula is C14H22O5. The fraction of sp³-hybridized carbons (Fsp3) is 0.786. The van der Waals surface area contributed by atoms with Gasteiger partial charge >= 0.3 is 5.97 Å². The Hall–Kier alpha value is -1.23. The number of carbonyl (C=O) groups is 3. The second-order valence-electron chi connectivity index (χ2n) is 5.08. The first kappa shape index (κ1) is 15.8. The molecule has 0 bridgehead atoms. The van der Waals surface area contributed by atoms with E-state index in [-0.39, 0.29) is 12.6 Å². The van der Waals surface area contributed by atoms with Crippen LogP contribution in [0.25, 0.3) is 0 Å². The Bertz CT molecular complexity index is 284. The molecule has 0 heterocycles. The van der Waals surface area contributed by atoms with Gasteiger partial charge in [0.15, 0.2) is 0 Å². The van der Waals surface area contributed by atoms with Crippen LogP contribution in [0.1, 0.15) is 32.1 Å². The van der Waals surface area contributed by atoms with E-state index in [2.05, 4.69) is 4.74 Å². The summed E-state index contributed by atoms with van der Waals surface area (Å²) in [5.74, 6) is 0.762. The Morgan fingerprint density at radius 3 is 2.21 bits per heavy atom. The monoisotopic (exact) mass is 270 g/mol. The lowest BCUT2D eigenvalue weighted by Crippen LogP contribution is -2.12. The molecule has 0 aliphatic heterocycles. The van der Waals surface area contributed by atoms with Crippen LogP contribution in [-0.4, -0.2) is 38.9 Å². The van der Waals surface area contributed by atoms with E-state index in [9.17, 15) is 14.4 Å². The van der Waals surface area contributed by atoms with Crippen LogP contribution >= 0.6 is 0 Å². The zero-order valence-electron chi connectivity index (χ0n) is 11.4. The summed E-state index contributed by atoms with van der Waals surface area (Å²) in [4.78, 5) is 32.1. The van der Waals surface area contributed by atoms with E-state index in [1.54, 1.807) is 0 Å². The molecule has 1 saturated carbocycles. The molecule has 0 aromatic rings. The third kappa shape index (κ3) is 5.51. The number of esters is 1. The standard InChI is InChI=1S/C14H22O5/c1-18-14(17)10-19-7-4-11-8-12(2-5-15)13(9-11)3-6-16/h5-6,11-13H,2-4,7-10H2,1H3/t11?,12-,13+. The van der Waals surface area contributed by atoms with E-state index in [0.29, 0.717) is 37.2 Å². The van der Waals surface area contributed by atoms with Crippen molar-refractivity contribution in [1.29, 1.82) is 0 Å². The fourth-order valence-electron chi connectivity index (χ4n) is 2.86. The van der Waals surface area contributed by atoms with Gasteiger partial charge in [-0.1, -0.05) is 0 Å². The lowest BCUT2D eigenvalue weighted by atomic mass is 9.91. The molecule has 5 nitrogen and oxygen atoms in total. The number of aldehydes is 2. The highest BCUT2D eigenvalue weighted by Crippen LogP contribution is 2.41. The fourth-order valence-corrected chi connectivity index (χ4v) is 2.86. The summed E-state index contributed by atoms with van der Waals surface area (Å²) in [5, 5.41) is 0. The molecule has 1 unspecified atom stereocenters.